The van der Waals surface area contributed by atoms with E-state index < -0.39 is 17.7 Å². The Kier molecular flexibility index (Phi) is 4.00. The minimum Gasteiger partial charge on any atom is -0.384 e. The molecule has 0 radical (unpaired) electrons. The molecule has 0 heterocycles. The molecule has 94 valence electrons. The molecule has 1 nitrogen and oxygen atoms in total. The SMILES string of the molecule is OC(c1ccc(F)cc1F)c1ccc(Cl)cc1Br. The van der Waals surface area contributed by atoms with Gasteiger partial charge in [0.1, 0.15) is 17.7 Å². The van der Waals surface area contributed by atoms with E-state index in [1.807, 2.05) is 0 Å². The minimum absolute atomic E-state index is 0.0134. The van der Waals surface area contributed by atoms with Crippen molar-refractivity contribution in [2.75, 3.05) is 0 Å². The summed E-state index contributed by atoms with van der Waals surface area (Å²) in [6, 6.07) is 7.83. The van der Waals surface area contributed by atoms with Gasteiger partial charge in [-0.2, -0.15) is 0 Å². The third kappa shape index (κ3) is 2.71. The van der Waals surface area contributed by atoms with Crippen LogP contribution in [0.15, 0.2) is 40.9 Å². The molecule has 2 aromatic rings. The fraction of sp³-hybridized carbons (Fsp3) is 0.0769. The first kappa shape index (κ1) is 13.5. The summed E-state index contributed by atoms with van der Waals surface area (Å²) in [7, 11) is 0. The van der Waals surface area contributed by atoms with Gasteiger partial charge < -0.3 is 5.11 Å². The summed E-state index contributed by atoms with van der Waals surface area (Å²) in [6.07, 6.45) is -1.18. The quantitative estimate of drug-likeness (QED) is 0.860. The van der Waals surface area contributed by atoms with E-state index in [-0.39, 0.29) is 5.56 Å². The third-order valence-electron chi connectivity index (χ3n) is 2.51. The average molecular weight is 334 g/mol. The van der Waals surface area contributed by atoms with Gasteiger partial charge in [0.15, 0.2) is 0 Å². The highest BCUT2D eigenvalue weighted by Crippen LogP contribution is 2.31. The lowest BCUT2D eigenvalue weighted by atomic mass is 10.0. The normalized spacial score (nSPS) is 12.5. The molecule has 0 aliphatic heterocycles. The molecule has 0 aromatic heterocycles. The molecule has 18 heavy (non-hydrogen) atoms. The van der Waals surface area contributed by atoms with Gasteiger partial charge >= 0.3 is 0 Å². The Morgan fingerprint density at radius 3 is 2.33 bits per heavy atom. The van der Waals surface area contributed by atoms with Crippen LogP contribution in [0.5, 0.6) is 0 Å². The maximum absolute atomic E-state index is 13.6. The monoisotopic (exact) mass is 332 g/mol. The standard InChI is InChI=1S/C13H8BrClF2O/c14-11-5-7(15)1-3-9(11)13(18)10-4-2-8(16)6-12(10)17/h1-6,13,18H. The Labute approximate surface area is 116 Å². The molecule has 5 heteroatoms. The van der Waals surface area contributed by atoms with E-state index in [0.29, 0.717) is 15.1 Å². The zero-order valence-electron chi connectivity index (χ0n) is 9.00. The van der Waals surface area contributed by atoms with Crippen molar-refractivity contribution in [1.29, 1.82) is 0 Å². The van der Waals surface area contributed by atoms with Crippen LogP contribution in [-0.2, 0) is 0 Å². The van der Waals surface area contributed by atoms with Crippen molar-refractivity contribution in [3.05, 3.63) is 68.7 Å². The number of benzene rings is 2. The Morgan fingerprint density at radius 2 is 1.72 bits per heavy atom. The summed E-state index contributed by atoms with van der Waals surface area (Å²) in [5.74, 6) is -1.47. The number of aliphatic hydroxyl groups is 1. The Hall–Kier alpha value is -0.970. The van der Waals surface area contributed by atoms with Crippen LogP contribution in [0.4, 0.5) is 8.78 Å². The van der Waals surface area contributed by atoms with Gasteiger partial charge in [-0.25, -0.2) is 8.78 Å². The second kappa shape index (κ2) is 5.34. The van der Waals surface area contributed by atoms with Gasteiger partial charge in [-0.3, -0.25) is 0 Å². The fourth-order valence-corrected chi connectivity index (χ4v) is 2.51. The molecule has 0 aliphatic carbocycles. The van der Waals surface area contributed by atoms with Crippen molar-refractivity contribution in [3.63, 3.8) is 0 Å². The van der Waals surface area contributed by atoms with Crippen LogP contribution >= 0.6 is 27.5 Å². The van der Waals surface area contributed by atoms with Gasteiger partial charge in [0.25, 0.3) is 0 Å². The molecule has 2 rings (SSSR count). The van der Waals surface area contributed by atoms with Crippen molar-refractivity contribution in [1.82, 2.24) is 0 Å². The molecule has 0 fully saturated rings. The van der Waals surface area contributed by atoms with Crippen molar-refractivity contribution >= 4 is 27.5 Å². The van der Waals surface area contributed by atoms with E-state index in [0.717, 1.165) is 12.1 Å². The zero-order valence-corrected chi connectivity index (χ0v) is 11.3. The Bertz CT molecular complexity index is 538. The first-order chi connectivity index (χ1) is 8.49. The topological polar surface area (TPSA) is 20.2 Å². The number of halogens is 4. The van der Waals surface area contributed by atoms with Crippen molar-refractivity contribution in [2.45, 2.75) is 6.10 Å². The summed E-state index contributed by atoms with van der Waals surface area (Å²) < 4.78 is 26.9. The molecule has 0 spiro atoms. The summed E-state index contributed by atoms with van der Waals surface area (Å²) in [4.78, 5) is 0. The van der Waals surface area contributed by atoms with E-state index in [4.69, 9.17) is 11.6 Å². The minimum atomic E-state index is -1.18. The van der Waals surface area contributed by atoms with E-state index in [2.05, 4.69) is 15.9 Å². The molecule has 1 N–H and O–H groups in total. The number of hydrogen-bond acceptors (Lipinski definition) is 1. The largest absolute Gasteiger partial charge is 0.384 e. The Balaban J connectivity index is 2.44. The van der Waals surface area contributed by atoms with E-state index in [9.17, 15) is 13.9 Å². The van der Waals surface area contributed by atoms with Crippen LogP contribution in [-0.4, -0.2) is 5.11 Å². The molecule has 0 saturated heterocycles. The van der Waals surface area contributed by atoms with Gasteiger partial charge in [-0.1, -0.05) is 39.7 Å². The molecular weight excluding hydrogens is 325 g/mol. The van der Waals surface area contributed by atoms with E-state index in [1.54, 1.807) is 18.2 Å². The fourth-order valence-electron chi connectivity index (χ4n) is 1.61. The molecule has 1 atom stereocenters. The molecule has 0 saturated carbocycles. The van der Waals surface area contributed by atoms with Gasteiger partial charge in [-0.15, -0.1) is 0 Å². The lowest BCUT2D eigenvalue weighted by Gasteiger charge is -2.14. The molecular formula is C13H8BrClF2O. The molecule has 0 aliphatic rings. The predicted octanol–water partition coefficient (Wildman–Crippen LogP) is 4.46. The van der Waals surface area contributed by atoms with Gasteiger partial charge in [0.05, 0.1) is 0 Å². The highest BCUT2D eigenvalue weighted by Gasteiger charge is 2.18. The lowest BCUT2D eigenvalue weighted by Crippen LogP contribution is -2.03. The Morgan fingerprint density at radius 1 is 1.06 bits per heavy atom. The number of hydrogen-bond donors (Lipinski definition) is 1. The predicted molar refractivity (Wildman–Crippen MR) is 69.6 cm³/mol. The smallest absolute Gasteiger partial charge is 0.132 e. The average Bonchev–Trinajstić information content (AvgIpc) is 2.28. The van der Waals surface area contributed by atoms with Crippen molar-refractivity contribution < 1.29 is 13.9 Å². The van der Waals surface area contributed by atoms with Crippen LogP contribution in [0.3, 0.4) is 0 Å². The number of rotatable bonds is 2. The van der Waals surface area contributed by atoms with Crippen LogP contribution in [0.1, 0.15) is 17.2 Å². The van der Waals surface area contributed by atoms with E-state index in [1.165, 1.54) is 6.07 Å². The van der Waals surface area contributed by atoms with Crippen LogP contribution in [0.25, 0.3) is 0 Å². The third-order valence-corrected chi connectivity index (χ3v) is 3.44. The summed E-state index contributed by atoms with van der Waals surface area (Å²) in [5, 5.41) is 10.6. The van der Waals surface area contributed by atoms with Crippen molar-refractivity contribution in [2.24, 2.45) is 0 Å². The second-order valence-electron chi connectivity index (χ2n) is 3.73. The molecule has 2 aromatic carbocycles. The summed E-state index contributed by atoms with van der Waals surface area (Å²) in [5.41, 5.74) is 0.476. The molecule has 1 unspecified atom stereocenters. The highest BCUT2D eigenvalue weighted by atomic mass is 79.9. The second-order valence-corrected chi connectivity index (χ2v) is 5.02. The molecule has 0 amide bonds. The summed E-state index contributed by atoms with van der Waals surface area (Å²) >= 11 is 9.03. The van der Waals surface area contributed by atoms with E-state index >= 15 is 0 Å². The van der Waals surface area contributed by atoms with Crippen LogP contribution in [0, 0.1) is 11.6 Å². The van der Waals surface area contributed by atoms with Gasteiger partial charge in [-0.05, 0) is 23.8 Å². The first-order valence-corrected chi connectivity index (χ1v) is 6.24. The van der Waals surface area contributed by atoms with Crippen molar-refractivity contribution in [3.8, 4) is 0 Å². The highest BCUT2D eigenvalue weighted by molar-refractivity contribution is 9.10. The van der Waals surface area contributed by atoms with Crippen LogP contribution < -0.4 is 0 Å². The maximum Gasteiger partial charge on any atom is 0.132 e. The van der Waals surface area contributed by atoms with Crippen LogP contribution in [0.2, 0.25) is 5.02 Å². The maximum atomic E-state index is 13.6. The number of aliphatic hydroxyl groups excluding tert-OH is 1. The van der Waals surface area contributed by atoms with Gasteiger partial charge in [0.2, 0.25) is 0 Å². The van der Waals surface area contributed by atoms with Gasteiger partial charge in [0, 0.05) is 21.1 Å². The lowest BCUT2D eigenvalue weighted by molar-refractivity contribution is 0.214. The first-order valence-electron chi connectivity index (χ1n) is 5.07. The summed E-state index contributed by atoms with van der Waals surface area (Å²) in [6.45, 7) is 0. The zero-order chi connectivity index (χ0) is 13.3. The molecule has 0 bridgehead atoms.